The number of nitrogens with zero attached hydrogens (tertiary/aromatic N) is 1. The molecule has 1 aromatic rings. The highest BCUT2D eigenvalue weighted by Gasteiger charge is 2.18. The molecule has 19 heavy (non-hydrogen) atoms. The summed E-state index contributed by atoms with van der Waals surface area (Å²) < 4.78 is 28.6. The van der Waals surface area contributed by atoms with E-state index in [1.54, 1.807) is 12.1 Å². The number of nitriles is 1. The normalized spacial score (nSPS) is 13.1. The lowest BCUT2D eigenvalue weighted by Gasteiger charge is -2.21. The molecule has 0 aliphatic heterocycles. The van der Waals surface area contributed by atoms with E-state index >= 15 is 0 Å². The fourth-order valence-corrected chi connectivity index (χ4v) is 1.53. The molecule has 1 aromatic carbocycles. The van der Waals surface area contributed by atoms with E-state index in [2.05, 4.69) is 16.1 Å². The molecule has 5 heteroatoms. The van der Waals surface area contributed by atoms with Crippen LogP contribution in [0.25, 0.3) is 0 Å². The van der Waals surface area contributed by atoms with Crippen molar-refractivity contribution in [1.82, 2.24) is 5.32 Å². The summed E-state index contributed by atoms with van der Waals surface area (Å²) in [6.07, 6.45) is 0. The van der Waals surface area contributed by atoms with Crippen LogP contribution in [0.15, 0.2) is 24.3 Å². The minimum Gasteiger partial charge on any atom is -0.435 e. The Morgan fingerprint density at radius 2 is 2.11 bits per heavy atom. The van der Waals surface area contributed by atoms with Crippen molar-refractivity contribution in [3.63, 3.8) is 0 Å². The molecule has 0 aliphatic carbocycles. The van der Waals surface area contributed by atoms with Gasteiger partial charge in [-0.3, -0.25) is 0 Å². The Balaban J connectivity index is 2.67. The van der Waals surface area contributed by atoms with Crippen LogP contribution < -0.4 is 10.1 Å². The molecule has 0 saturated carbocycles. The highest BCUT2D eigenvalue weighted by atomic mass is 19.3. The molecule has 1 atom stereocenters. The fourth-order valence-electron chi connectivity index (χ4n) is 1.53. The average molecular weight is 268 g/mol. The second kappa shape index (κ2) is 6.48. The molecule has 1 unspecified atom stereocenters. The molecule has 0 radical (unpaired) electrons. The van der Waals surface area contributed by atoms with Gasteiger partial charge in [-0.25, -0.2) is 0 Å². The summed E-state index contributed by atoms with van der Waals surface area (Å²) in [7, 11) is 0. The molecule has 0 bridgehead atoms. The summed E-state index contributed by atoms with van der Waals surface area (Å²) in [6, 6.07) is 8.71. The van der Waals surface area contributed by atoms with Gasteiger partial charge in [0.15, 0.2) is 0 Å². The molecular formula is C14H18F2N2O. The minimum atomic E-state index is -2.82. The monoisotopic (exact) mass is 268 g/mol. The van der Waals surface area contributed by atoms with Crippen LogP contribution in [0.3, 0.4) is 0 Å². The van der Waals surface area contributed by atoms with E-state index in [-0.39, 0.29) is 11.8 Å². The summed E-state index contributed by atoms with van der Waals surface area (Å²) >= 11 is 0. The predicted molar refractivity (Wildman–Crippen MR) is 68.9 cm³/mol. The lowest BCUT2D eigenvalue weighted by atomic mass is 9.95. The number of ether oxygens (including phenoxy) is 1. The molecule has 0 aromatic heterocycles. The van der Waals surface area contributed by atoms with Crippen molar-refractivity contribution < 1.29 is 13.5 Å². The highest BCUT2D eigenvalue weighted by molar-refractivity contribution is 5.30. The van der Waals surface area contributed by atoms with Crippen molar-refractivity contribution in [2.45, 2.75) is 33.4 Å². The van der Waals surface area contributed by atoms with E-state index < -0.39 is 12.0 Å². The Labute approximate surface area is 112 Å². The molecule has 0 fully saturated rings. The topological polar surface area (TPSA) is 45.0 Å². The van der Waals surface area contributed by atoms with Crippen LogP contribution in [0, 0.1) is 16.7 Å². The lowest BCUT2D eigenvalue weighted by Crippen LogP contribution is -2.30. The Bertz CT molecular complexity index is 455. The molecule has 0 aliphatic rings. The molecule has 0 heterocycles. The van der Waals surface area contributed by atoms with Crippen molar-refractivity contribution >= 4 is 0 Å². The second-order valence-electron chi connectivity index (χ2n) is 5.05. The van der Waals surface area contributed by atoms with Gasteiger partial charge in [0.2, 0.25) is 0 Å². The number of nitrogens with one attached hydrogen (secondary N) is 1. The summed E-state index contributed by atoms with van der Waals surface area (Å²) in [6.45, 7) is 3.28. The standard InChI is InChI=1S/C14H18F2N2O/c1-10(18-9-14(2,3)8-17)11-5-4-6-12(7-11)19-13(15)16/h4-7,10,13,18H,9H2,1-3H3. The van der Waals surface area contributed by atoms with Gasteiger partial charge in [0.1, 0.15) is 5.75 Å². The van der Waals surface area contributed by atoms with Crippen LogP contribution in [0.4, 0.5) is 8.78 Å². The van der Waals surface area contributed by atoms with E-state index in [0.717, 1.165) is 5.56 Å². The van der Waals surface area contributed by atoms with Crippen LogP contribution in [0.5, 0.6) is 5.75 Å². The zero-order valence-electron chi connectivity index (χ0n) is 11.3. The largest absolute Gasteiger partial charge is 0.435 e. The first-order chi connectivity index (χ1) is 8.84. The van der Waals surface area contributed by atoms with Gasteiger partial charge in [-0.2, -0.15) is 14.0 Å². The lowest BCUT2D eigenvalue weighted by molar-refractivity contribution is -0.0499. The van der Waals surface area contributed by atoms with Gasteiger partial charge in [0, 0.05) is 12.6 Å². The quantitative estimate of drug-likeness (QED) is 0.859. The van der Waals surface area contributed by atoms with Crippen LogP contribution in [0.2, 0.25) is 0 Å². The van der Waals surface area contributed by atoms with Crippen molar-refractivity contribution in [3.05, 3.63) is 29.8 Å². The zero-order chi connectivity index (χ0) is 14.5. The Hall–Kier alpha value is -1.67. The first kappa shape index (κ1) is 15.4. The maximum Gasteiger partial charge on any atom is 0.387 e. The predicted octanol–water partition coefficient (Wildman–Crippen LogP) is 3.49. The summed E-state index contributed by atoms with van der Waals surface area (Å²) in [5.41, 5.74) is 0.373. The van der Waals surface area contributed by atoms with E-state index in [4.69, 9.17) is 5.26 Å². The number of alkyl halides is 2. The molecule has 0 saturated heterocycles. The Morgan fingerprint density at radius 1 is 1.42 bits per heavy atom. The third-order valence-electron chi connectivity index (χ3n) is 2.74. The minimum absolute atomic E-state index is 0.0474. The summed E-state index contributed by atoms with van der Waals surface area (Å²) in [4.78, 5) is 0. The summed E-state index contributed by atoms with van der Waals surface area (Å²) in [5, 5.41) is 12.1. The molecule has 1 N–H and O–H groups in total. The third-order valence-corrected chi connectivity index (χ3v) is 2.74. The van der Waals surface area contributed by atoms with Crippen molar-refractivity contribution in [2.75, 3.05) is 6.54 Å². The van der Waals surface area contributed by atoms with Gasteiger partial charge in [-0.15, -0.1) is 0 Å². The van der Waals surface area contributed by atoms with Crippen molar-refractivity contribution in [3.8, 4) is 11.8 Å². The number of halogens is 2. The SMILES string of the molecule is CC(NCC(C)(C)C#N)c1cccc(OC(F)F)c1. The molecule has 0 amide bonds. The van der Waals surface area contributed by atoms with Gasteiger partial charge in [0.05, 0.1) is 11.5 Å². The number of hydrogen-bond donors (Lipinski definition) is 1. The smallest absolute Gasteiger partial charge is 0.387 e. The van der Waals surface area contributed by atoms with E-state index in [9.17, 15) is 8.78 Å². The number of hydrogen-bond acceptors (Lipinski definition) is 3. The van der Waals surface area contributed by atoms with Crippen molar-refractivity contribution in [2.24, 2.45) is 5.41 Å². The van der Waals surface area contributed by atoms with Gasteiger partial charge < -0.3 is 10.1 Å². The van der Waals surface area contributed by atoms with E-state index in [0.29, 0.717) is 6.54 Å². The zero-order valence-corrected chi connectivity index (χ0v) is 11.3. The number of rotatable bonds is 6. The van der Waals surface area contributed by atoms with Crippen LogP contribution in [0.1, 0.15) is 32.4 Å². The number of benzene rings is 1. The highest BCUT2D eigenvalue weighted by Crippen LogP contribution is 2.21. The van der Waals surface area contributed by atoms with E-state index in [1.807, 2.05) is 26.8 Å². The van der Waals surface area contributed by atoms with Gasteiger partial charge >= 0.3 is 6.61 Å². The van der Waals surface area contributed by atoms with Gasteiger partial charge in [-0.1, -0.05) is 12.1 Å². The van der Waals surface area contributed by atoms with Crippen LogP contribution in [-0.4, -0.2) is 13.2 Å². The van der Waals surface area contributed by atoms with Gasteiger partial charge in [0.25, 0.3) is 0 Å². The first-order valence-electron chi connectivity index (χ1n) is 6.03. The molecule has 0 spiro atoms. The van der Waals surface area contributed by atoms with Crippen molar-refractivity contribution in [1.29, 1.82) is 5.26 Å². The molecule has 3 nitrogen and oxygen atoms in total. The summed E-state index contributed by atoms with van der Waals surface area (Å²) in [5.74, 6) is 0.140. The maximum atomic E-state index is 12.1. The Morgan fingerprint density at radius 3 is 2.68 bits per heavy atom. The molecule has 1 rings (SSSR count). The molecule has 104 valence electrons. The molecular weight excluding hydrogens is 250 g/mol. The average Bonchev–Trinajstić information content (AvgIpc) is 2.35. The van der Waals surface area contributed by atoms with Gasteiger partial charge in [-0.05, 0) is 38.5 Å². The first-order valence-corrected chi connectivity index (χ1v) is 6.03. The van der Waals surface area contributed by atoms with Crippen LogP contribution >= 0.6 is 0 Å². The third kappa shape index (κ3) is 5.23. The Kier molecular flexibility index (Phi) is 5.25. The fraction of sp³-hybridized carbons (Fsp3) is 0.500. The maximum absolute atomic E-state index is 12.1. The van der Waals surface area contributed by atoms with E-state index in [1.165, 1.54) is 6.07 Å². The van der Waals surface area contributed by atoms with Crippen LogP contribution in [-0.2, 0) is 0 Å². The second-order valence-corrected chi connectivity index (χ2v) is 5.05.